The lowest BCUT2D eigenvalue weighted by Crippen LogP contribution is -2.18. The molecule has 2 aromatic rings. The van der Waals surface area contributed by atoms with E-state index in [4.69, 9.17) is 11.6 Å². The number of benzene rings is 2. The zero-order chi connectivity index (χ0) is 13.8. The topological polar surface area (TPSA) is 12.0 Å². The third-order valence-corrected chi connectivity index (χ3v) is 3.74. The number of hydrogen-bond acceptors (Lipinski definition) is 1. The minimum Gasteiger partial charge on any atom is -0.306 e. The van der Waals surface area contributed by atoms with Crippen molar-refractivity contribution in [3.8, 4) is 0 Å². The lowest BCUT2D eigenvalue weighted by Gasteiger charge is -2.15. The summed E-state index contributed by atoms with van der Waals surface area (Å²) in [5.41, 5.74) is 1.74. The molecule has 100 valence electrons. The molecule has 0 radical (unpaired) electrons. The molecule has 1 atom stereocenters. The zero-order valence-electron chi connectivity index (χ0n) is 10.5. The van der Waals surface area contributed by atoms with Crippen molar-refractivity contribution in [2.45, 2.75) is 19.5 Å². The minimum absolute atomic E-state index is 0.145. The minimum atomic E-state index is -0.236. The van der Waals surface area contributed by atoms with E-state index in [1.165, 1.54) is 6.07 Å². The summed E-state index contributed by atoms with van der Waals surface area (Å²) in [5.74, 6) is -0.236. The third-order valence-electron chi connectivity index (χ3n) is 2.98. The molecule has 0 amide bonds. The Labute approximate surface area is 125 Å². The molecule has 0 fully saturated rings. The van der Waals surface area contributed by atoms with Crippen molar-refractivity contribution in [3.63, 3.8) is 0 Å². The molecule has 19 heavy (non-hydrogen) atoms. The highest BCUT2D eigenvalue weighted by Crippen LogP contribution is 2.19. The van der Waals surface area contributed by atoms with Gasteiger partial charge in [0.2, 0.25) is 0 Å². The van der Waals surface area contributed by atoms with Crippen molar-refractivity contribution in [1.82, 2.24) is 5.32 Å². The van der Waals surface area contributed by atoms with E-state index < -0.39 is 0 Å². The first-order chi connectivity index (χ1) is 9.06. The predicted octanol–water partition coefficient (Wildman–Crippen LogP) is 5.09. The van der Waals surface area contributed by atoms with Crippen molar-refractivity contribution in [2.75, 3.05) is 0 Å². The molecule has 0 saturated carbocycles. The van der Waals surface area contributed by atoms with Gasteiger partial charge in [-0.1, -0.05) is 39.7 Å². The Bertz CT molecular complexity index is 557. The molecule has 0 heterocycles. The molecular weight excluding hydrogens is 329 g/mol. The van der Waals surface area contributed by atoms with Crippen LogP contribution in [0, 0.1) is 5.82 Å². The van der Waals surface area contributed by atoms with Crippen LogP contribution in [0.5, 0.6) is 0 Å². The van der Waals surface area contributed by atoms with Gasteiger partial charge in [0, 0.05) is 27.6 Å². The van der Waals surface area contributed by atoms with Gasteiger partial charge in [0.25, 0.3) is 0 Å². The van der Waals surface area contributed by atoms with E-state index in [0.717, 1.165) is 10.0 Å². The summed E-state index contributed by atoms with van der Waals surface area (Å²) < 4.78 is 14.6. The van der Waals surface area contributed by atoms with Crippen LogP contribution < -0.4 is 5.32 Å². The number of hydrogen-bond donors (Lipinski definition) is 1. The van der Waals surface area contributed by atoms with Gasteiger partial charge in [-0.15, -0.1) is 0 Å². The maximum Gasteiger partial charge on any atom is 0.127 e. The van der Waals surface area contributed by atoms with Crippen LogP contribution in [0.4, 0.5) is 4.39 Å². The number of halogens is 3. The van der Waals surface area contributed by atoms with Gasteiger partial charge >= 0.3 is 0 Å². The smallest absolute Gasteiger partial charge is 0.127 e. The van der Waals surface area contributed by atoms with E-state index in [1.807, 2.05) is 31.2 Å². The molecule has 4 heteroatoms. The van der Waals surface area contributed by atoms with E-state index in [9.17, 15) is 4.39 Å². The highest BCUT2D eigenvalue weighted by Gasteiger charge is 2.07. The molecule has 2 aromatic carbocycles. The van der Waals surface area contributed by atoms with Crippen LogP contribution in [-0.2, 0) is 6.54 Å². The summed E-state index contributed by atoms with van der Waals surface area (Å²) in [6.07, 6.45) is 0. The summed E-state index contributed by atoms with van der Waals surface area (Å²) in [6.45, 7) is 2.50. The van der Waals surface area contributed by atoms with Gasteiger partial charge < -0.3 is 5.32 Å². The van der Waals surface area contributed by atoms with Crippen LogP contribution in [0.2, 0.25) is 5.02 Å². The maximum atomic E-state index is 13.6. The first-order valence-electron chi connectivity index (χ1n) is 5.99. The van der Waals surface area contributed by atoms with Gasteiger partial charge in [0.1, 0.15) is 5.82 Å². The van der Waals surface area contributed by atoms with E-state index in [-0.39, 0.29) is 11.9 Å². The Morgan fingerprint density at radius 2 is 1.89 bits per heavy atom. The standard InChI is InChI=1S/C15H14BrClFN/c1-10(11-2-4-13(16)5-3-11)19-9-12-8-14(17)6-7-15(12)18/h2-8,10,19H,9H2,1H3/t10-/m1/s1. The van der Waals surface area contributed by atoms with Gasteiger partial charge in [-0.05, 0) is 42.8 Å². The highest BCUT2D eigenvalue weighted by molar-refractivity contribution is 9.10. The Balaban J connectivity index is 2.02. The SMILES string of the molecule is C[C@@H](NCc1cc(Cl)ccc1F)c1ccc(Br)cc1. The second kappa shape index (κ2) is 6.51. The fourth-order valence-electron chi connectivity index (χ4n) is 1.81. The molecule has 0 aliphatic heterocycles. The van der Waals surface area contributed by atoms with Crippen LogP contribution in [0.15, 0.2) is 46.9 Å². The predicted molar refractivity (Wildman–Crippen MR) is 80.8 cm³/mol. The highest BCUT2D eigenvalue weighted by atomic mass is 79.9. The van der Waals surface area contributed by atoms with Gasteiger partial charge in [0.15, 0.2) is 0 Å². The second-order valence-corrected chi connectivity index (χ2v) is 5.74. The molecule has 2 rings (SSSR count). The summed E-state index contributed by atoms with van der Waals surface area (Å²) >= 11 is 9.27. The Hall–Kier alpha value is -0.900. The second-order valence-electron chi connectivity index (χ2n) is 4.39. The summed E-state index contributed by atoms with van der Waals surface area (Å²) in [7, 11) is 0. The van der Waals surface area contributed by atoms with Crippen molar-refractivity contribution in [3.05, 3.63) is 68.9 Å². The van der Waals surface area contributed by atoms with Gasteiger partial charge in [-0.25, -0.2) is 4.39 Å². The quantitative estimate of drug-likeness (QED) is 0.816. The molecule has 0 aliphatic rings. The molecule has 0 spiro atoms. The number of rotatable bonds is 4. The molecule has 0 unspecified atom stereocenters. The first kappa shape index (κ1) is 14.5. The maximum absolute atomic E-state index is 13.6. The lowest BCUT2D eigenvalue weighted by molar-refractivity contribution is 0.544. The fourth-order valence-corrected chi connectivity index (χ4v) is 2.27. The van der Waals surface area contributed by atoms with E-state index >= 15 is 0 Å². The van der Waals surface area contributed by atoms with Crippen molar-refractivity contribution >= 4 is 27.5 Å². The zero-order valence-corrected chi connectivity index (χ0v) is 12.8. The summed E-state index contributed by atoms with van der Waals surface area (Å²) in [6, 6.07) is 12.8. The summed E-state index contributed by atoms with van der Waals surface area (Å²) in [4.78, 5) is 0. The molecular formula is C15H14BrClFN. The van der Waals surface area contributed by atoms with Crippen LogP contribution in [0.25, 0.3) is 0 Å². The third kappa shape index (κ3) is 4.03. The lowest BCUT2D eigenvalue weighted by atomic mass is 10.1. The van der Waals surface area contributed by atoms with Gasteiger partial charge in [-0.2, -0.15) is 0 Å². The average molecular weight is 343 g/mol. The molecule has 0 aliphatic carbocycles. The molecule has 1 nitrogen and oxygen atoms in total. The monoisotopic (exact) mass is 341 g/mol. The van der Waals surface area contributed by atoms with E-state index in [1.54, 1.807) is 12.1 Å². The fraction of sp³-hybridized carbons (Fsp3) is 0.200. The Morgan fingerprint density at radius 3 is 2.58 bits per heavy atom. The Kier molecular flexibility index (Phi) is 4.97. The van der Waals surface area contributed by atoms with Crippen molar-refractivity contribution in [2.24, 2.45) is 0 Å². The Morgan fingerprint density at radius 1 is 1.21 bits per heavy atom. The normalized spacial score (nSPS) is 12.4. The van der Waals surface area contributed by atoms with E-state index in [0.29, 0.717) is 17.1 Å². The molecule has 0 saturated heterocycles. The molecule has 0 bridgehead atoms. The van der Waals surface area contributed by atoms with Crippen LogP contribution in [0.3, 0.4) is 0 Å². The molecule has 0 aromatic heterocycles. The van der Waals surface area contributed by atoms with Crippen molar-refractivity contribution in [1.29, 1.82) is 0 Å². The van der Waals surface area contributed by atoms with Crippen molar-refractivity contribution < 1.29 is 4.39 Å². The van der Waals surface area contributed by atoms with Crippen LogP contribution in [0.1, 0.15) is 24.1 Å². The van der Waals surface area contributed by atoms with E-state index in [2.05, 4.69) is 21.2 Å². The molecule has 1 N–H and O–H groups in total. The number of nitrogens with one attached hydrogen (secondary N) is 1. The van der Waals surface area contributed by atoms with Crippen LogP contribution in [-0.4, -0.2) is 0 Å². The first-order valence-corrected chi connectivity index (χ1v) is 7.16. The largest absolute Gasteiger partial charge is 0.306 e. The summed E-state index contributed by atoms with van der Waals surface area (Å²) in [5, 5.41) is 3.84. The van der Waals surface area contributed by atoms with Gasteiger partial charge in [0.05, 0.1) is 0 Å². The average Bonchev–Trinajstić information content (AvgIpc) is 2.40. The van der Waals surface area contributed by atoms with Crippen LogP contribution >= 0.6 is 27.5 Å². The van der Waals surface area contributed by atoms with Gasteiger partial charge in [-0.3, -0.25) is 0 Å².